The fourth-order valence-electron chi connectivity index (χ4n) is 5.14. The Hall–Kier alpha value is -2.92. The molecule has 0 bridgehead atoms. The van der Waals surface area contributed by atoms with Crippen molar-refractivity contribution in [1.29, 1.82) is 0 Å². The van der Waals surface area contributed by atoms with Gasteiger partial charge in [0.05, 0.1) is 0 Å². The molecule has 8 nitrogen and oxygen atoms in total. The average Bonchev–Trinajstić information content (AvgIpc) is 2.99. The minimum atomic E-state index is -0.153. The van der Waals surface area contributed by atoms with E-state index in [4.69, 9.17) is 4.84 Å². The van der Waals surface area contributed by atoms with E-state index in [1.165, 1.54) is 5.56 Å². The number of nitrogens with zero attached hydrogens (tertiary/aromatic N) is 4. The number of pyridine rings is 1. The zero-order chi connectivity index (χ0) is 30.7. The molecule has 1 aromatic heterocycles. The molecule has 1 aliphatic heterocycles. The maximum absolute atomic E-state index is 13.1. The fraction of sp³-hybridized carbons (Fsp3) is 0.314. The average molecular weight is 618 g/mol. The summed E-state index contributed by atoms with van der Waals surface area (Å²) in [5, 5.41) is 3.26. The zero-order valence-corrected chi connectivity index (χ0v) is 30.0. The predicted molar refractivity (Wildman–Crippen MR) is 174 cm³/mol. The van der Waals surface area contributed by atoms with Crippen molar-refractivity contribution in [3.8, 4) is 16.9 Å². The van der Waals surface area contributed by atoms with Gasteiger partial charge in [-0.2, -0.15) is 0 Å². The quantitative estimate of drug-likeness (QED) is 0.252. The first-order chi connectivity index (χ1) is 20.5. The Kier molecular flexibility index (Phi) is 11.2. The van der Waals surface area contributed by atoms with Crippen LogP contribution in [0.4, 0.5) is 17.1 Å². The Labute approximate surface area is 302 Å². The molecule has 1 saturated heterocycles. The molecule has 0 saturated carbocycles. The van der Waals surface area contributed by atoms with E-state index in [9.17, 15) is 9.59 Å². The van der Waals surface area contributed by atoms with Crippen LogP contribution in [-0.2, 0) is 12.5 Å². The molecule has 1 amide bonds. The third-order valence-electron chi connectivity index (χ3n) is 7.96. The smallest absolute Gasteiger partial charge is 0.557 e. The molecule has 3 aromatic carbocycles. The molecular formula is C35H40KN5O3. The molecule has 224 valence electrons. The number of nitrogens with one attached hydrogen (secondary N) is 1. The molecule has 4 aromatic rings. The molecular weight excluding hydrogens is 578 g/mol. The molecule has 1 N–H and O–H groups in total. The number of carbonyl (C=O) groups excluding carboxylic acids is 1. The molecule has 0 unspecified atom stereocenters. The summed E-state index contributed by atoms with van der Waals surface area (Å²) in [6.07, 6.45) is 1.82. The second kappa shape index (κ2) is 14.5. The number of piperazine rings is 1. The van der Waals surface area contributed by atoms with Crippen molar-refractivity contribution in [2.24, 2.45) is 7.05 Å². The Morgan fingerprint density at radius 1 is 0.909 bits per heavy atom. The monoisotopic (exact) mass is 617 g/mol. The standard InChI is InChI=1S/C35H40N5O3.K/c1-24-30(8-7-9-32(24)43-37-29-16-12-27(13-17-29)35(2,3)4)26-22-31(34(42)39(6)23-26)36-28-14-10-25(11-15-28)33(41)40-20-18-38(5)19-21-40;/h7-17,22-23H,18-21H2,1-6H3,(H,36,41);/q-1;+1. The summed E-state index contributed by atoms with van der Waals surface area (Å²) in [5.74, 6) is 0.671. The van der Waals surface area contributed by atoms with Crippen molar-refractivity contribution in [1.82, 2.24) is 14.4 Å². The molecule has 44 heavy (non-hydrogen) atoms. The summed E-state index contributed by atoms with van der Waals surface area (Å²) >= 11 is 0. The summed E-state index contributed by atoms with van der Waals surface area (Å²) in [5.41, 5.74) is 10.8. The van der Waals surface area contributed by atoms with Crippen LogP contribution in [0, 0.1) is 6.92 Å². The van der Waals surface area contributed by atoms with Crippen LogP contribution in [0.2, 0.25) is 0 Å². The van der Waals surface area contributed by atoms with Crippen molar-refractivity contribution in [3.63, 3.8) is 0 Å². The van der Waals surface area contributed by atoms with Crippen molar-refractivity contribution in [2.45, 2.75) is 33.1 Å². The van der Waals surface area contributed by atoms with E-state index in [1.807, 2.05) is 78.7 Å². The number of anilines is 2. The molecule has 0 spiro atoms. The number of amides is 1. The van der Waals surface area contributed by atoms with Gasteiger partial charge in [0, 0.05) is 56.2 Å². The third kappa shape index (κ3) is 8.01. The number of benzene rings is 3. The fourth-order valence-corrected chi connectivity index (χ4v) is 5.14. The largest absolute Gasteiger partial charge is 1.00 e. The Morgan fingerprint density at radius 2 is 1.57 bits per heavy atom. The third-order valence-corrected chi connectivity index (χ3v) is 7.96. The minimum Gasteiger partial charge on any atom is -0.557 e. The van der Waals surface area contributed by atoms with Crippen LogP contribution < -0.4 is 67.1 Å². The second-order valence-electron chi connectivity index (χ2n) is 12.3. The number of rotatable bonds is 7. The Bertz CT molecular complexity index is 1650. The van der Waals surface area contributed by atoms with E-state index < -0.39 is 0 Å². The van der Waals surface area contributed by atoms with Gasteiger partial charge in [0.2, 0.25) is 0 Å². The van der Waals surface area contributed by atoms with Crippen LogP contribution in [-0.4, -0.2) is 53.5 Å². The maximum atomic E-state index is 13.1. The number of aromatic nitrogens is 1. The SMILES string of the molecule is Cc1c(O[N-]c2ccc(C(C)(C)C)cc2)cccc1-c1cc(Nc2ccc(C(=O)N3CCN(C)CC3)cc2)c(=O)n(C)c1.[K+]. The first kappa shape index (κ1) is 34.0. The number of carbonyl (C=O) groups is 1. The van der Waals surface area contributed by atoms with Gasteiger partial charge in [0.1, 0.15) is 11.4 Å². The van der Waals surface area contributed by atoms with Crippen LogP contribution in [0.25, 0.3) is 16.6 Å². The summed E-state index contributed by atoms with van der Waals surface area (Å²) in [6, 6.07) is 23.0. The predicted octanol–water partition coefficient (Wildman–Crippen LogP) is 3.79. The number of aryl methyl sites for hydroxylation is 1. The normalized spacial score (nSPS) is 13.6. The van der Waals surface area contributed by atoms with Crippen molar-refractivity contribution < 1.29 is 61.0 Å². The van der Waals surface area contributed by atoms with Gasteiger partial charge in [-0.1, -0.05) is 57.2 Å². The van der Waals surface area contributed by atoms with Crippen LogP contribution in [0.5, 0.6) is 5.75 Å². The van der Waals surface area contributed by atoms with Gasteiger partial charge < -0.3 is 30.0 Å². The van der Waals surface area contributed by atoms with Crippen molar-refractivity contribution in [3.05, 3.63) is 112 Å². The summed E-state index contributed by atoms with van der Waals surface area (Å²) < 4.78 is 1.57. The summed E-state index contributed by atoms with van der Waals surface area (Å²) in [6.45, 7) is 11.7. The molecule has 2 heterocycles. The molecule has 0 aliphatic carbocycles. The molecule has 9 heteroatoms. The minimum absolute atomic E-state index is 0. The topological polar surface area (TPSA) is 80.9 Å². The molecule has 1 fully saturated rings. The molecule has 5 rings (SSSR count). The number of hydrogen-bond donors (Lipinski definition) is 1. The van der Waals surface area contributed by atoms with E-state index in [-0.39, 0.29) is 68.3 Å². The summed E-state index contributed by atoms with van der Waals surface area (Å²) in [4.78, 5) is 36.0. The van der Waals surface area contributed by atoms with Crippen LogP contribution in [0.3, 0.4) is 0 Å². The van der Waals surface area contributed by atoms with Gasteiger partial charge in [-0.15, -0.1) is 5.69 Å². The van der Waals surface area contributed by atoms with Gasteiger partial charge in [0.25, 0.3) is 11.5 Å². The van der Waals surface area contributed by atoms with Gasteiger partial charge in [0.15, 0.2) is 0 Å². The van der Waals surface area contributed by atoms with Gasteiger partial charge in [-0.25, -0.2) is 0 Å². The van der Waals surface area contributed by atoms with E-state index >= 15 is 0 Å². The van der Waals surface area contributed by atoms with Crippen LogP contribution >= 0.6 is 0 Å². The van der Waals surface area contributed by atoms with Crippen LogP contribution in [0.15, 0.2) is 83.8 Å². The molecule has 0 radical (unpaired) electrons. The van der Waals surface area contributed by atoms with Crippen molar-refractivity contribution in [2.75, 3.05) is 38.5 Å². The molecule has 0 atom stereocenters. The van der Waals surface area contributed by atoms with E-state index in [2.05, 4.69) is 55.6 Å². The van der Waals surface area contributed by atoms with E-state index in [1.54, 1.807) is 11.6 Å². The van der Waals surface area contributed by atoms with Gasteiger partial charge in [-0.3, -0.25) is 9.59 Å². The van der Waals surface area contributed by atoms with Crippen LogP contribution in [0.1, 0.15) is 42.3 Å². The van der Waals surface area contributed by atoms with E-state index in [0.717, 1.165) is 54.2 Å². The summed E-state index contributed by atoms with van der Waals surface area (Å²) in [7, 11) is 3.80. The van der Waals surface area contributed by atoms with Crippen molar-refractivity contribution >= 4 is 23.0 Å². The maximum Gasteiger partial charge on any atom is 1.00 e. The van der Waals surface area contributed by atoms with Gasteiger partial charge >= 0.3 is 51.4 Å². The first-order valence-corrected chi connectivity index (χ1v) is 14.6. The Balaban J connectivity index is 0.00000442. The number of hydrogen-bond acceptors (Lipinski definition) is 5. The number of likely N-dealkylation sites (N-methyl/N-ethyl adjacent to an activating group) is 1. The Morgan fingerprint density at radius 3 is 2.20 bits per heavy atom. The molecule has 1 aliphatic rings. The first-order valence-electron chi connectivity index (χ1n) is 14.6. The zero-order valence-electron chi connectivity index (χ0n) is 26.8. The second-order valence-corrected chi connectivity index (χ2v) is 12.3. The van der Waals surface area contributed by atoms with E-state index in [0.29, 0.717) is 17.0 Å². The van der Waals surface area contributed by atoms with Gasteiger partial charge in [-0.05, 0) is 72.5 Å².